The number of hydrazone groups is 1. The molecule has 1 heterocycles. The Morgan fingerprint density at radius 1 is 0.969 bits per heavy atom. The lowest BCUT2D eigenvalue weighted by Crippen LogP contribution is -2.06. The smallest absolute Gasteiger partial charge is 0.204 e. The van der Waals surface area contributed by atoms with Crippen molar-refractivity contribution < 1.29 is 14.2 Å². The molecule has 0 bridgehead atoms. The van der Waals surface area contributed by atoms with Gasteiger partial charge in [0.25, 0.3) is 0 Å². The minimum atomic E-state index is 0.537. The number of anilines is 1. The average molecular weight is 448 g/mol. The lowest BCUT2D eigenvalue weighted by Gasteiger charge is -2.12. The zero-order valence-electron chi connectivity index (χ0n) is 18.1. The molecule has 0 spiro atoms. The van der Waals surface area contributed by atoms with Gasteiger partial charge in [-0.1, -0.05) is 41.2 Å². The van der Waals surface area contributed by atoms with Crippen molar-refractivity contribution in [2.45, 2.75) is 13.3 Å². The van der Waals surface area contributed by atoms with E-state index >= 15 is 0 Å². The molecule has 4 aromatic rings. The topological polar surface area (TPSA) is 65.0 Å². The van der Waals surface area contributed by atoms with Crippen LogP contribution >= 0.6 is 11.3 Å². The van der Waals surface area contributed by atoms with Crippen LogP contribution < -0.4 is 19.6 Å². The van der Waals surface area contributed by atoms with Crippen LogP contribution in [-0.2, 0) is 0 Å². The number of thiazole rings is 1. The highest BCUT2D eigenvalue weighted by Crippen LogP contribution is 2.28. The number of nitrogens with one attached hydrogen (secondary N) is 1. The summed E-state index contributed by atoms with van der Waals surface area (Å²) in [5, 5.41) is 5.04. The van der Waals surface area contributed by atoms with E-state index in [1.165, 1.54) is 5.56 Å². The molecular weight excluding hydrogens is 422 g/mol. The summed E-state index contributed by atoms with van der Waals surface area (Å²) in [4.78, 5) is 4.50. The van der Waals surface area contributed by atoms with Crippen LogP contribution in [0.15, 0.2) is 71.8 Å². The van der Waals surface area contributed by atoms with Crippen molar-refractivity contribution in [2.75, 3.05) is 25.7 Å². The molecule has 0 saturated carbocycles. The zero-order valence-corrected chi connectivity index (χ0v) is 18.9. The molecule has 6 nitrogen and oxygen atoms in total. The standard InChI is InChI=1S/C25H25N3O3S/c1-18-8-11-20(12-9-18)30-14-5-15-31-22-13-10-19(16-23(22)29-2)17-26-28-25-27-21-6-3-4-7-24(21)32-25/h3-4,6-13,16-17H,5,14-15H2,1-2H3,(H,27,28)/b26-17+. The van der Waals surface area contributed by atoms with Crippen LogP contribution in [-0.4, -0.2) is 31.5 Å². The van der Waals surface area contributed by atoms with E-state index in [1.807, 2.05) is 66.7 Å². The van der Waals surface area contributed by atoms with Gasteiger partial charge in [-0.3, -0.25) is 5.43 Å². The second-order valence-corrected chi connectivity index (χ2v) is 8.16. The molecule has 164 valence electrons. The van der Waals surface area contributed by atoms with Crippen molar-refractivity contribution in [3.63, 3.8) is 0 Å². The fraction of sp³-hybridized carbons (Fsp3) is 0.200. The molecule has 0 aliphatic rings. The summed E-state index contributed by atoms with van der Waals surface area (Å²) in [6.07, 6.45) is 2.50. The molecular formula is C25H25N3O3S. The number of aromatic nitrogens is 1. The number of ether oxygens (including phenoxy) is 3. The molecule has 0 unspecified atom stereocenters. The number of methoxy groups -OCH3 is 1. The Kier molecular flexibility index (Phi) is 7.19. The van der Waals surface area contributed by atoms with Crippen LogP contribution in [0.2, 0.25) is 0 Å². The number of fused-ring (bicyclic) bond motifs is 1. The lowest BCUT2D eigenvalue weighted by molar-refractivity contribution is 0.240. The van der Waals surface area contributed by atoms with Crippen molar-refractivity contribution in [3.05, 3.63) is 77.9 Å². The fourth-order valence-electron chi connectivity index (χ4n) is 3.03. The van der Waals surface area contributed by atoms with Gasteiger partial charge in [-0.2, -0.15) is 5.10 Å². The Balaban J connectivity index is 1.27. The van der Waals surface area contributed by atoms with E-state index in [-0.39, 0.29) is 0 Å². The first-order valence-corrected chi connectivity index (χ1v) is 11.2. The first-order valence-electron chi connectivity index (χ1n) is 10.4. The number of nitrogens with zero attached hydrogens (tertiary/aromatic N) is 2. The quantitative estimate of drug-likeness (QED) is 0.186. The van der Waals surface area contributed by atoms with E-state index in [4.69, 9.17) is 14.2 Å². The number of hydrogen-bond donors (Lipinski definition) is 1. The molecule has 3 aromatic carbocycles. The monoisotopic (exact) mass is 447 g/mol. The second-order valence-electron chi connectivity index (χ2n) is 7.13. The van der Waals surface area contributed by atoms with E-state index < -0.39 is 0 Å². The third-order valence-electron chi connectivity index (χ3n) is 4.69. The molecule has 0 saturated heterocycles. The van der Waals surface area contributed by atoms with Crippen LogP contribution in [0.4, 0.5) is 5.13 Å². The van der Waals surface area contributed by atoms with E-state index in [9.17, 15) is 0 Å². The molecule has 32 heavy (non-hydrogen) atoms. The van der Waals surface area contributed by atoms with Gasteiger partial charge in [-0.05, 0) is 55.0 Å². The van der Waals surface area contributed by atoms with Gasteiger partial charge in [0.2, 0.25) is 5.13 Å². The summed E-state index contributed by atoms with van der Waals surface area (Å²) in [5.74, 6) is 2.23. The summed E-state index contributed by atoms with van der Waals surface area (Å²) < 4.78 is 18.2. The summed E-state index contributed by atoms with van der Waals surface area (Å²) in [5.41, 5.74) is 6.06. The average Bonchev–Trinajstić information content (AvgIpc) is 3.23. The van der Waals surface area contributed by atoms with E-state index in [2.05, 4.69) is 22.4 Å². The maximum atomic E-state index is 5.87. The zero-order chi connectivity index (χ0) is 22.2. The van der Waals surface area contributed by atoms with Gasteiger partial charge in [0, 0.05) is 6.42 Å². The highest BCUT2D eigenvalue weighted by atomic mass is 32.1. The number of para-hydroxylation sites is 1. The third-order valence-corrected chi connectivity index (χ3v) is 5.63. The van der Waals surface area contributed by atoms with E-state index in [0.29, 0.717) is 24.7 Å². The van der Waals surface area contributed by atoms with Crippen molar-refractivity contribution in [2.24, 2.45) is 5.10 Å². The summed E-state index contributed by atoms with van der Waals surface area (Å²) in [7, 11) is 1.63. The van der Waals surface area contributed by atoms with Gasteiger partial charge < -0.3 is 14.2 Å². The van der Waals surface area contributed by atoms with Crippen LogP contribution in [0.5, 0.6) is 17.2 Å². The molecule has 0 atom stereocenters. The highest BCUT2D eigenvalue weighted by Gasteiger charge is 2.06. The van der Waals surface area contributed by atoms with Gasteiger partial charge in [-0.15, -0.1) is 0 Å². The SMILES string of the molecule is COc1cc(/C=N/Nc2nc3ccccc3s2)ccc1OCCCOc1ccc(C)cc1. The molecule has 0 aliphatic heterocycles. The van der Waals surface area contributed by atoms with Crippen LogP contribution in [0, 0.1) is 6.92 Å². The highest BCUT2D eigenvalue weighted by molar-refractivity contribution is 7.22. The van der Waals surface area contributed by atoms with Gasteiger partial charge in [0.1, 0.15) is 5.75 Å². The molecule has 1 N–H and O–H groups in total. The Labute approximate surface area is 191 Å². The van der Waals surface area contributed by atoms with Gasteiger partial charge in [0.05, 0.1) is 36.8 Å². The predicted molar refractivity (Wildman–Crippen MR) is 131 cm³/mol. The molecule has 0 radical (unpaired) electrons. The Bertz CT molecular complexity index is 1160. The molecule has 0 fully saturated rings. The Hall–Kier alpha value is -3.58. The summed E-state index contributed by atoms with van der Waals surface area (Å²) >= 11 is 1.56. The molecule has 0 aliphatic carbocycles. The number of benzene rings is 3. The normalized spacial score (nSPS) is 11.1. The molecule has 0 amide bonds. The van der Waals surface area contributed by atoms with Crippen molar-refractivity contribution >= 4 is 32.9 Å². The Morgan fingerprint density at radius 3 is 2.59 bits per heavy atom. The summed E-state index contributed by atoms with van der Waals surface area (Å²) in [6, 6.07) is 21.7. The van der Waals surface area contributed by atoms with Crippen LogP contribution in [0.25, 0.3) is 10.2 Å². The van der Waals surface area contributed by atoms with Gasteiger partial charge in [-0.25, -0.2) is 4.98 Å². The van der Waals surface area contributed by atoms with Crippen molar-refractivity contribution in [1.29, 1.82) is 0 Å². The molecule has 1 aromatic heterocycles. The molecule has 7 heteroatoms. The van der Waals surface area contributed by atoms with Gasteiger partial charge in [0.15, 0.2) is 11.5 Å². The maximum absolute atomic E-state index is 5.87. The third kappa shape index (κ3) is 5.76. The first-order chi connectivity index (χ1) is 15.7. The maximum Gasteiger partial charge on any atom is 0.204 e. The predicted octanol–water partition coefficient (Wildman–Crippen LogP) is 5.91. The van der Waals surface area contributed by atoms with E-state index in [1.54, 1.807) is 24.7 Å². The van der Waals surface area contributed by atoms with Crippen LogP contribution in [0.3, 0.4) is 0 Å². The summed E-state index contributed by atoms with van der Waals surface area (Å²) in [6.45, 7) is 3.18. The minimum Gasteiger partial charge on any atom is -0.493 e. The number of rotatable bonds is 10. The molecule has 4 rings (SSSR count). The van der Waals surface area contributed by atoms with Gasteiger partial charge >= 0.3 is 0 Å². The number of hydrogen-bond acceptors (Lipinski definition) is 7. The van der Waals surface area contributed by atoms with E-state index in [0.717, 1.165) is 33.1 Å². The minimum absolute atomic E-state index is 0.537. The van der Waals surface area contributed by atoms with Crippen molar-refractivity contribution in [3.8, 4) is 17.2 Å². The largest absolute Gasteiger partial charge is 0.493 e. The Morgan fingerprint density at radius 2 is 1.78 bits per heavy atom. The number of aryl methyl sites for hydroxylation is 1. The fourth-order valence-corrected chi connectivity index (χ4v) is 3.85. The van der Waals surface area contributed by atoms with Crippen molar-refractivity contribution in [1.82, 2.24) is 4.98 Å². The lowest BCUT2D eigenvalue weighted by atomic mass is 10.2. The second kappa shape index (κ2) is 10.6. The van der Waals surface area contributed by atoms with Crippen LogP contribution in [0.1, 0.15) is 17.5 Å². The first kappa shape index (κ1) is 21.6.